The maximum absolute atomic E-state index is 5.73. The van der Waals surface area contributed by atoms with Gasteiger partial charge in [-0.2, -0.15) is 0 Å². The molecule has 2 aromatic heterocycles. The van der Waals surface area contributed by atoms with Crippen LogP contribution in [-0.2, 0) is 0 Å². The van der Waals surface area contributed by atoms with E-state index in [2.05, 4.69) is 50.7 Å². The van der Waals surface area contributed by atoms with Gasteiger partial charge < -0.3 is 10.1 Å². The highest BCUT2D eigenvalue weighted by molar-refractivity contribution is 9.11. The van der Waals surface area contributed by atoms with Gasteiger partial charge in [-0.1, -0.05) is 6.92 Å². The molecule has 0 aliphatic heterocycles. The van der Waals surface area contributed by atoms with Gasteiger partial charge >= 0.3 is 0 Å². The summed E-state index contributed by atoms with van der Waals surface area (Å²) in [7, 11) is 0. The molecular weight excluding hydrogens is 336 g/mol. The van der Waals surface area contributed by atoms with Gasteiger partial charge in [-0.25, -0.2) is 0 Å². The average molecular weight is 355 g/mol. The smallest absolute Gasteiger partial charge is 0.138 e. The van der Waals surface area contributed by atoms with E-state index >= 15 is 0 Å². The van der Waals surface area contributed by atoms with Gasteiger partial charge in [0.25, 0.3) is 0 Å². The van der Waals surface area contributed by atoms with Gasteiger partial charge in [0.05, 0.1) is 22.1 Å². The normalized spacial score (nSPS) is 12.7. The number of thiophene rings is 1. The van der Waals surface area contributed by atoms with E-state index in [4.69, 9.17) is 4.74 Å². The molecular formula is C15H19BrN2OS. The van der Waals surface area contributed by atoms with Crippen LogP contribution in [-0.4, -0.2) is 17.6 Å². The predicted molar refractivity (Wildman–Crippen MR) is 87.5 cm³/mol. The SMILES string of the molecule is CCNC(c1cncc(OC(C)C)c1)c1csc(Br)c1. The van der Waals surface area contributed by atoms with Gasteiger partial charge in [-0.05, 0) is 65.0 Å². The third-order valence-corrected chi connectivity index (χ3v) is 4.29. The highest BCUT2D eigenvalue weighted by Crippen LogP contribution is 2.30. The first-order valence-corrected chi connectivity index (χ1v) is 8.36. The average Bonchev–Trinajstić information content (AvgIpc) is 2.82. The molecule has 0 aromatic carbocycles. The minimum atomic E-state index is 0.144. The van der Waals surface area contributed by atoms with Crippen LogP contribution in [0.3, 0.4) is 0 Å². The highest BCUT2D eigenvalue weighted by Gasteiger charge is 2.16. The van der Waals surface area contributed by atoms with Crippen LogP contribution in [0.1, 0.15) is 37.9 Å². The molecule has 20 heavy (non-hydrogen) atoms. The fraction of sp³-hybridized carbons (Fsp3) is 0.400. The van der Waals surface area contributed by atoms with Crippen molar-refractivity contribution in [2.24, 2.45) is 0 Å². The Morgan fingerprint density at radius 2 is 2.10 bits per heavy atom. The lowest BCUT2D eigenvalue weighted by Gasteiger charge is -2.18. The third kappa shape index (κ3) is 4.04. The number of aromatic nitrogens is 1. The Morgan fingerprint density at radius 3 is 2.70 bits per heavy atom. The summed E-state index contributed by atoms with van der Waals surface area (Å²) in [6.45, 7) is 7.04. The number of nitrogens with zero attached hydrogens (tertiary/aromatic N) is 1. The molecule has 0 bridgehead atoms. The van der Waals surface area contributed by atoms with Crippen LogP contribution in [0.15, 0.2) is 33.7 Å². The Morgan fingerprint density at radius 1 is 1.30 bits per heavy atom. The zero-order valence-electron chi connectivity index (χ0n) is 11.9. The van der Waals surface area contributed by atoms with E-state index in [-0.39, 0.29) is 12.1 Å². The van der Waals surface area contributed by atoms with Crippen LogP contribution in [0.25, 0.3) is 0 Å². The summed E-state index contributed by atoms with van der Waals surface area (Å²) in [5.41, 5.74) is 2.36. The largest absolute Gasteiger partial charge is 0.489 e. The Hall–Kier alpha value is -0.910. The fourth-order valence-electron chi connectivity index (χ4n) is 2.04. The van der Waals surface area contributed by atoms with E-state index in [1.165, 1.54) is 5.56 Å². The van der Waals surface area contributed by atoms with Crippen molar-refractivity contribution in [2.75, 3.05) is 6.54 Å². The van der Waals surface area contributed by atoms with E-state index in [0.29, 0.717) is 0 Å². The Kier molecular flexibility index (Phi) is 5.57. The maximum Gasteiger partial charge on any atom is 0.138 e. The fourth-order valence-corrected chi connectivity index (χ4v) is 3.24. The molecule has 1 atom stereocenters. The van der Waals surface area contributed by atoms with Crippen LogP contribution in [0.2, 0.25) is 0 Å². The number of ether oxygens (including phenoxy) is 1. The minimum Gasteiger partial charge on any atom is -0.489 e. The Labute approximate surface area is 132 Å². The Balaban J connectivity index is 2.29. The summed E-state index contributed by atoms with van der Waals surface area (Å²) >= 11 is 5.21. The molecule has 0 aliphatic rings. The van der Waals surface area contributed by atoms with Crippen LogP contribution in [0, 0.1) is 0 Å². The van der Waals surface area contributed by atoms with E-state index in [0.717, 1.165) is 21.6 Å². The first-order valence-electron chi connectivity index (χ1n) is 6.69. The quantitative estimate of drug-likeness (QED) is 0.834. The number of pyridine rings is 1. The molecule has 5 heteroatoms. The summed E-state index contributed by atoms with van der Waals surface area (Å²) in [6, 6.07) is 4.35. The van der Waals surface area contributed by atoms with E-state index in [1.807, 2.05) is 20.0 Å². The van der Waals surface area contributed by atoms with Crippen LogP contribution >= 0.6 is 27.3 Å². The molecule has 1 unspecified atom stereocenters. The molecule has 0 radical (unpaired) electrons. The number of rotatable bonds is 6. The second-order valence-electron chi connectivity index (χ2n) is 4.80. The van der Waals surface area contributed by atoms with Crippen molar-refractivity contribution in [3.63, 3.8) is 0 Å². The molecule has 0 spiro atoms. The Bertz CT molecular complexity index is 556. The lowest BCUT2D eigenvalue weighted by atomic mass is 10.0. The van der Waals surface area contributed by atoms with Crippen molar-refractivity contribution in [2.45, 2.75) is 32.9 Å². The molecule has 0 amide bonds. The zero-order valence-corrected chi connectivity index (χ0v) is 14.3. The number of hydrogen-bond acceptors (Lipinski definition) is 4. The molecule has 2 rings (SSSR count). The number of halogens is 1. The second kappa shape index (κ2) is 7.20. The van der Waals surface area contributed by atoms with Gasteiger partial charge in [0.1, 0.15) is 5.75 Å². The maximum atomic E-state index is 5.73. The summed E-state index contributed by atoms with van der Waals surface area (Å²) in [4.78, 5) is 4.30. The first-order chi connectivity index (χ1) is 9.60. The van der Waals surface area contributed by atoms with Gasteiger partial charge in [0.2, 0.25) is 0 Å². The van der Waals surface area contributed by atoms with E-state index in [1.54, 1.807) is 17.5 Å². The number of hydrogen-bond donors (Lipinski definition) is 1. The summed E-state index contributed by atoms with van der Waals surface area (Å²) in [5, 5.41) is 5.66. The molecule has 2 aromatic rings. The molecule has 0 aliphatic carbocycles. The highest BCUT2D eigenvalue weighted by atomic mass is 79.9. The lowest BCUT2D eigenvalue weighted by molar-refractivity contribution is 0.241. The first kappa shape index (κ1) is 15.5. The van der Waals surface area contributed by atoms with E-state index < -0.39 is 0 Å². The van der Waals surface area contributed by atoms with Gasteiger partial charge in [-0.15, -0.1) is 11.3 Å². The molecule has 0 saturated heterocycles. The molecule has 3 nitrogen and oxygen atoms in total. The molecule has 108 valence electrons. The van der Waals surface area contributed by atoms with E-state index in [9.17, 15) is 0 Å². The van der Waals surface area contributed by atoms with Crippen molar-refractivity contribution in [1.29, 1.82) is 0 Å². The van der Waals surface area contributed by atoms with Crippen LogP contribution in [0.4, 0.5) is 0 Å². The standard InChI is InChI=1S/C15H19BrN2OS/c1-4-18-15(12-6-14(16)20-9-12)11-5-13(8-17-7-11)19-10(2)3/h5-10,15,18H,4H2,1-3H3. The molecule has 0 saturated carbocycles. The molecule has 0 fully saturated rings. The van der Waals surface area contributed by atoms with Crippen molar-refractivity contribution in [3.05, 3.63) is 44.8 Å². The van der Waals surface area contributed by atoms with Crippen molar-refractivity contribution in [1.82, 2.24) is 10.3 Å². The van der Waals surface area contributed by atoms with Crippen LogP contribution < -0.4 is 10.1 Å². The third-order valence-electron chi connectivity index (χ3n) is 2.77. The van der Waals surface area contributed by atoms with Gasteiger partial charge in [0, 0.05) is 6.20 Å². The molecule has 2 heterocycles. The van der Waals surface area contributed by atoms with Crippen molar-refractivity contribution < 1.29 is 4.74 Å². The number of nitrogens with one attached hydrogen (secondary N) is 1. The zero-order chi connectivity index (χ0) is 14.5. The lowest BCUT2D eigenvalue weighted by Crippen LogP contribution is -2.21. The monoisotopic (exact) mass is 354 g/mol. The van der Waals surface area contributed by atoms with Gasteiger partial charge in [-0.3, -0.25) is 4.98 Å². The van der Waals surface area contributed by atoms with Crippen molar-refractivity contribution in [3.8, 4) is 5.75 Å². The van der Waals surface area contributed by atoms with Crippen molar-refractivity contribution >= 4 is 27.3 Å². The summed E-state index contributed by atoms with van der Waals surface area (Å²) in [6.07, 6.45) is 3.81. The van der Waals surface area contributed by atoms with Gasteiger partial charge in [0.15, 0.2) is 0 Å². The summed E-state index contributed by atoms with van der Waals surface area (Å²) in [5.74, 6) is 0.815. The minimum absolute atomic E-state index is 0.144. The second-order valence-corrected chi connectivity index (χ2v) is 7.09. The predicted octanol–water partition coefficient (Wildman–Crippen LogP) is 4.39. The summed E-state index contributed by atoms with van der Waals surface area (Å²) < 4.78 is 6.86. The van der Waals surface area contributed by atoms with Crippen LogP contribution in [0.5, 0.6) is 5.75 Å². The topological polar surface area (TPSA) is 34.2 Å². The molecule has 1 N–H and O–H groups in total.